The van der Waals surface area contributed by atoms with Crippen molar-refractivity contribution in [2.24, 2.45) is 0 Å². The molecule has 2 unspecified atom stereocenters. The first-order valence-electron chi connectivity index (χ1n) is 35.2. The monoisotopic (exact) mass is 1100 g/mol. The minimum Gasteiger partial charge on any atom is -0.466 e. The molecule has 2 atom stereocenters. The molecule has 0 heterocycles. The molecule has 0 aliphatic rings. The van der Waals surface area contributed by atoms with Gasteiger partial charge in [0.2, 0.25) is 5.91 Å². The number of carbonyl (C=O) groups excluding carboxylic acids is 2. The Morgan fingerprint density at radius 3 is 0.987 bits per heavy atom. The van der Waals surface area contributed by atoms with Gasteiger partial charge in [-0.2, -0.15) is 0 Å². The van der Waals surface area contributed by atoms with E-state index in [1.54, 1.807) is 0 Å². The summed E-state index contributed by atoms with van der Waals surface area (Å²) >= 11 is 0. The van der Waals surface area contributed by atoms with E-state index in [-0.39, 0.29) is 18.5 Å². The Kier molecular flexibility index (Phi) is 65.9. The van der Waals surface area contributed by atoms with Crippen LogP contribution in [-0.4, -0.2) is 47.4 Å². The van der Waals surface area contributed by atoms with Crippen molar-refractivity contribution in [2.45, 2.75) is 398 Å². The Balaban J connectivity index is 3.41. The van der Waals surface area contributed by atoms with E-state index in [1.165, 1.54) is 302 Å². The molecule has 0 aromatic rings. The van der Waals surface area contributed by atoms with Crippen molar-refractivity contribution in [3.63, 3.8) is 0 Å². The third-order valence-electron chi connectivity index (χ3n) is 16.4. The van der Waals surface area contributed by atoms with Crippen LogP contribution in [0.1, 0.15) is 386 Å². The summed E-state index contributed by atoms with van der Waals surface area (Å²) in [6.07, 6.45) is 86.1. The first-order valence-corrected chi connectivity index (χ1v) is 35.2. The van der Waals surface area contributed by atoms with E-state index in [1.807, 2.05) is 0 Å². The van der Waals surface area contributed by atoms with Gasteiger partial charge in [0.25, 0.3) is 0 Å². The summed E-state index contributed by atoms with van der Waals surface area (Å²) in [7, 11) is 0. The van der Waals surface area contributed by atoms with Crippen LogP contribution in [-0.2, 0) is 14.3 Å². The number of amides is 1. The van der Waals surface area contributed by atoms with E-state index in [9.17, 15) is 19.8 Å². The Bertz CT molecular complexity index is 1260. The number of hydrogen-bond donors (Lipinski definition) is 3. The number of aliphatic hydroxyl groups is 2. The van der Waals surface area contributed by atoms with Gasteiger partial charge >= 0.3 is 5.97 Å². The van der Waals surface area contributed by atoms with Gasteiger partial charge in [0.15, 0.2) is 0 Å². The molecule has 0 fully saturated rings. The molecule has 6 nitrogen and oxygen atoms in total. The van der Waals surface area contributed by atoms with Crippen molar-refractivity contribution in [3.8, 4) is 0 Å². The molecule has 0 aliphatic heterocycles. The zero-order valence-corrected chi connectivity index (χ0v) is 52.7. The molecule has 1 amide bonds. The summed E-state index contributed by atoms with van der Waals surface area (Å²) in [5, 5.41) is 23.4. The standard InChI is InChI=1S/C72H137NO5/c1-3-5-7-9-11-13-15-17-19-21-29-34-38-42-46-50-54-58-62-66-72(77)78-67-63-59-55-51-47-43-39-35-31-28-26-24-22-23-25-27-30-33-37-41-45-49-53-57-61-65-71(76)73-69(68-74)70(75)64-60-56-52-48-44-40-36-32-20-18-16-14-12-10-8-6-4-2/h17,19,23-26,69-70,74-75H,3-16,18,20-22,27-68H2,1-2H3,(H,73,76)/b19-17-,25-23-,26-24-. The third kappa shape index (κ3) is 63.3. The fourth-order valence-corrected chi connectivity index (χ4v) is 11.0. The molecule has 0 saturated heterocycles. The van der Waals surface area contributed by atoms with Crippen LogP contribution in [0.25, 0.3) is 0 Å². The van der Waals surface area contributed by atoms with Crippen molar-refractivity contribution < 1.29 is 24.5 Å². The lowest BCUT2D eigenvalue weighted by Crippen LogP contribution is -2.45. The lowest BCUT2D eigenvalue weighted by atomic mass is 10.0. The summed E-state index contributed by atoms with van der Waals surface area (Å²) in [4.78, 5) is 24.6. The van der Waals surface area contributed by atoms with Crippen molar-refractivity contribution >= 4 is 11.9 Å². The summed E-state index contributed by atoms with van der Waals surface area (Å²) in [5.41, 5.74) is 0. The molecule has 78 heavy (non-hydrogen) atoms. The Morgan fingerprint density at radius 1 is 0.359 bits per heavy atom. The summed E-state index contributed by atoms with van der Waals surface area (Å²) < 4.78 is 5.50. The SMILES string of the molecule is CCCCCCCC/C=C\CCCCCCCCCCCC(=O)OCCCCCCCCCCC/C=C\C/C=C\CCCCCCCCCCCC(=O)NC(CO)C(O)CCCCCCCCCCCCCCCCCCC. The number of aliphatic hydroxyl groups excluding tert-OH is 2. The van der Waals surface area contributed by atoms with E-state index < -0.39 is 12.1 Å². The van der Waals surface area contributed by atoms with E-state index >= 15 is 0 Å². The van der Waals surface area contributed by atoms with Gasteiger partial charge in [0.1, 0.15) is 0 Å². The highest BCUT2D eigenvalue weighted by atomic mass is 16.5. The first-order chi connectivity index (χ1) is 38.5. The molecule has 0 radical (unpaired) electrons. The smallest absolute Gasteiger partial charge is 0.305 e. The van der Waals surface area contributed by atoms with Crippen molar-refractivity contribution in [2.75, 3.05) is 13.2 Å². The number of carbonyl (C=O) groups is 2. The molecule has 0 bridgehead atoms. The minimum absolute atomic E-state index is 0.00915. The average molecular weight is 1100 g/mol. The molecule has 0 spiro atoms. The molecule has 0 aliphatic carbocycles. The van der Waals surface area contributed by atoms with Crippen molar-refractivity contribution in [3.05, 3.63) is 36.5 Å². The molecular formula is C72H137NO5. The van der Waals surface area contributed by atoms with E-state index in [0.717, 1.165) is 51.4 Å². The largest absolute Gasteiger partial charge is 0.466 e. The molecule has 0 saturated carbocycles. The second kappa shape index (κ2) is 67.6. The number of rotatable bonds is 66. The van der Waals surface area contributed by atoms with Gasteiger partial charge in [-0.15, -0.1) is 0 Å². The number of hydrogen-bond acceptors (Lipinski definition) is 5. The number of nitrogens with one attached hydrogen (secondary N) is 1. The molecular weight excluding hydrogens is 959 g/mol. The normalized spacial score (nSPS) is 12.7. The molecule has 0 aromatic heterocycles. The van der Waals surface area contributed by atoms with E-state index in [0.29, 0.717) is 25.9 Å². The van der Waals surface area contributed by atoms with E-state index in [2.05, 4.69) is 55.6 Å². The van der Waals surface area contributed by atoms with Gasteiger partial charge in [-0.05, 0) is 83.5 Å². The Hall–Kier alpha value is -1.92. The minimum atomic E-state index is -0.669. The van der Waals surface area contributed by atoms with Crippen LogP contribution in [0.15, 0.2) is 36.5 Å². The third-order valence-corrected chi connectivity index (χ3v) is 16.4. The Labute approximate surface area is 487 Å². The number of unbranched alkanes of at least 4 members (excludes halogenated alkanes) is 49. The quantitative estimate of drug-likeness (QED) is 0.0320. The fourth-order valence-electron chi connectivity index (χ4n) is 11.0. The topological polar surface area (TPSA) is 95.9 Å². The second-order valence-electron chi connectivity index (χ2n) is 24.2. The molecule has 0 rings (SSSR count). The number of allylic oxidation sites excluding steroid dienone is 6. The maximum Gasteiger partial charge on any atom is 0.305 e. The van der Waals surface area contributed by atoms with Gasteiger partial charge in [-0.25, -0.2) is 0 Å². The van der Waals surface area contributed by atoms with Gasteiger partial charge < -0.3 is 20.3 Å². The highest BCUT2D eigenvalue weighted by Gasteiger charge is 2.20. The molecule has 3 N–H and O–H groups in total. The van der Waals surface area contributed by atoms with Crippen LogP contribution in [0.4, 0.5) is 0 Å². The average Bonchev–Trinajstić information content (AvgIpc) is 3.44. The van der Waals surface area contributed by atoms with Gasteiger partial charge in [0, 0.05) is 12.8 Å². The van der Waals surface area contributed by atoms with Crippen LogP contribution in [0, 0.1) is 0 Å². The molecule has 460 valence electrons. The zero-order valence-electron chi connectivity index (χ0n) is 52.7. The Morgan fingerprint density at radius 2 is 0.641 bits per heavy atom. The lowest BCUT2D eigenvalue weighted by molar-refractivity contribution is -0.143. The highest BCUT2D eigenvalue weighted by molar-refractivity contribution is 5.76. The predicted octanol–water partition coefficient (Wildman–Crippen LogP) is 22.7. The van der Waals surface area contributed by atoms with Crippen LogP contribution in [0.2, 0.25) is 0 Å². The fraction of sp³-hybridized carbons (Fsp3) is 0.889. The highest BCUT2D eigenvalue weighted by Crippen LogP contribution is 2.18. The predicted molar refractivity (Wildman–Crippen MR) is 343 cm³/mol. The van der Waals surface area contributed by atoms with Crippen LogP contribution in [0.3, 0.4) is 0 Å². The second-order valence-corrected chi connectivity index (χ2v) is 24.2. The first kappa shape index (κ1) is 76.1. The molecule has 6 heteroatoms. The molecule has 0 aromatic carbocycles. The van der Waals surface area contributed by atoms with Gasteiger partial charge in [0.05, 0.1) is 25.4 Å². The lowest BCUT2D eigenvalue weighted by Gasteiger charge is -2.22. The van der Waals surface area contributed by atoms with E-state index in [4.69, 9.17) is 4.74 Å². The maximum absolute atomic E-state index is 12.5. The van der Waals surface area contributed by atoms with Gasteiger partial charge in [-0.3, -0.25) is 9.59 Å². The number of ether oxygens (including phenoxy) is 1. The summed E-state index contributed by atoms with van der Waals surface area (Å²) in [6.45, 7) is 4.97. The number of esters is 1. The summed E-state index contributed by atoms with van der Waals surface area (Å²) in [6, 6.07) is -0.547. The van der Waals surface area contributed by atoms with Crippen LogP contribution >= 0.6 is 0 Å². The maximum atomic E-state index is 12.5. The zero-order chi connectivity index (χ0) is 56.4. The van der Waals surface area contributed by atoms with Crippen LogP contribution < -0.4 is 5.32 Å². The van der Waals surface area contributed by atoms with Crippen molar-refractivity contribution in [1.29, 1.82) is 0 Å². The van der Waals surface area contributed by atoms with Crippen molar-refractivity contribution in [1.82, 2.24) is 5.32 Å². The summed E-state index contributed by atoms with van der Waals surface area (Å²) in [5.74, 6) is -0.0292. The van der Waals surface area contributed by atoms with Gasteiger partial charge in [-0.1, -0.05) is 326 Å². The van der Waals surface area contributed by atoms with Crippen LogP contribution in [0.5, 0.6) is 0 Å².